The number of benzene rings is 2. The Hall–Kier alpha value is -1.69. The average molecular weight is 424 g/mol. The molecular weight excluding hydrogens is 405 g/mol. The second kappa shape index (κ2) is 9.00. The maximum Gasteiger partial charge on any atom is 0.329 e. The van der Waals surface area contributed by atoms with Crippen molar-refractivity contribution in [1.82, 2.24) is 4.90 Å². The van der Waals surface area contributed by atoms with Crippen LogP contribution in [0.3, 0.4) is 0 Å². The Morgan fingerprint density at radius 1 is 1.15 bits per heavy atom. The van der Waals surface area contributed by atoms with Gasteiger partial charge in [0.25, 0.3) is 5.91 Å². The van der Waals surface area contributed by atoms with Crippen LogP contribution in [0.2, 0.25) is 10.0 Å². The van der Waals surface area contributed by atoms with Crippen molar-refractivity contribution in [2.45, 2.75) is 24.8 Å². The summed E-state index contributed by atoms with van der Waals surface area (Å²) in [5.41, 5.74) is 1.35. The highest BCUT2D eigenvalue weighted by Gasteiger charge is 2.43. The van der Waals surface area contributed by atoms with Gasteiger partial charge >= 0.3 is 5.97 Å². The molecule has 1 heterocycles. The minimum Gasteiger partial charge on any atom is -0.464 e. The summed E-state index contributed by atoms with van der Waals surface area (Å²) in [5.74, 6) is -0.143. The molecule has 0 bridgehead atoms. The van der Waals surface area contributed by atoms with Gasteiger partial charge < -0.3 is 9.64 Å². The molecule has 0 aromatic heterocycles. The summed E-state index contributed by atoms with van der Waals surface area (Å²) < 4.78 is 5.33. The Morgan fingerprint density at radius 3 is 2.56 bits per heavy atom. The van der Waals surface area contributed by atoms with Crippen LogP contribution in [0.4, 0.5) is 0 Å². The third-order valence-corrected chi connectivity index (χ3v) is 5.99. The van der Waals surface area contributed by atoms with Crippen LogP contribution >= 0.6 is 35.0 Å². The van der Waals surface area contributed by atoms with Gasteiger partial charge in [0.05, 0.1) is 6.61 Å². The van der Waals surface area contributed by atoms with Crippen LogP contribution in [0.25, 0.3) is 0 Å². The fraction of sp³-hybridized carbons (Fsp3) is 0.300. The van der Waals surface area contributed by atoms with Crippen molar-refractivity contribution < 1.29 is 14.3 Å². The van der Waals surface area contributed by atoms with E-state index in [2.05, 4.69) is 0 Å². The first-order valence-electron chi connectivity index (χ1n) is 8.63. The predicted molar refractivity (Wildman–Crippen MR) is 109 cm³/mol. The molecule has 7 heteroatoms. The summed E-state index contributed by atoms with van der Waals surface area (Å²) in [6.45, 7) is 2.27. The first kappa shape index (κ1) is 20.1. The van der Waals surface area contributed by atoms with Gasteiger partial charge in [-0.25, -0.2) is 4.79 Å². The fourth-order valence-electron chi connectivity index (χ4n) is 2.89. The van der Waals surface area contributed by atoms with Crippen LogP contribution in [0, 0.1) is 0 Å². The number of carbonyl (C=O) groups is 2. The van der Waals surface area contributed by atoms with Gasteiger partial charge in [-0.2, -0.15) is 0 Å². The molecule has 0 N–H and O–H groups in total. The topological polar surface area (TPSA) is 46.6 Å². The molecule has 27 heavy (non-hydrogen) atoms. The molecule has 1 fully saturated rings. The van der Waals surface area contributed by atoms with Crippen molar-refractivity contribution in [3.63, 3.8) is 0 Å². The highest BCUT2D eigenvalue weighted by molar-refractivity contribution is 7.99. The zero-order valence-corrected chi connectivity index (χ0v) is 17.1. The Morgan fingerprint density at radius 2 is 1.89 bits per heavy atom. The Balaban J connectivity index is 1.94. The first-order chi connectivity index (χ1) is 13.0. The molecule has 2 aromatic rings. The lowest BCUT2D eigenvalue weighted by Crippen LogP contribution is -2.44. The monoisotopic (exact) mass is 423 g/mol. The number of hydrogen-bond donors (Lipinski definition) is 0. The molecule has 1 aliphatic heterocycles. The van der Waals surface area contributed by atoms with Crippen LogP contribution in [0.15, 0.2) is 48.5 Å². The molecule has 1 aliphatic rings. The molecule has 2 atom stereocenters. The molecule has 142 valence electrons. The Kier molecular flexibility index (Phi) is 6.68. The van der Waals surface area contributed by atoms with Crippen LogP contribution in [0.1, 0.15) is 34.6 Å². The van der Waals surface area contributed by atoms with E-state index in [4.69, 9.17) is 27.9 Å². The van der Waals surface area contributed by atoms with Gasteiger partial charge in [0.1, 0.15) is 11.4 Å². The van der Waals surface area contributed by atoms with Crippen LogP contribution in [-0.4, -0.2) is 35.2 Å². The number of amides is 1. The number of hydrogen-bond acceptors (Lipinski definition) is 4. The smallest absolute Gasteiger partial charge is 0.329 e. The third kappa shape index (κ3) is 4.60. The highest BCUT2D eigenvalue weighted by atomic mass is 35.5. The van der Waals surface area contributed by atoms with E-state index in [0.29, 0.717) is 28.0 Å². The molecule has 2 aromatic carbocycles. The lowest BCUT2D eigenvalue weighted by atomic mass is 10.1. The second-order valence-electron chi connectivity index (χ2n) is 6.14. The molecule has 0 radical (unpaired) electrons. The lowest BCUT2D eigenvalue weighted by Gasteiger charge is -2.28. The molecule has 1 amide bonds. The van der Waals surface area contributed by atoms with Gasteiger partial charge in [-0.05, 0) is 48.4 Å². The van der Waals surface area contributed by atoms with E-state index in [1.54, 1.807) is 35.2 Å². The lowest BCUT2D eigenvalue weighted by molar-refractivity contribution is -0.148. The molecule has 0 spiro atoms. The first-order valence-corrected chi connectivity index (χ1v) is 10.4. The largest absolute Gasteiger partial charge is 0.464 e. The SMILES string of the molecule is CCCOC(=O)C1CSC(c2cccc(Cl)c2)N1C(=O)c1ccc(Cl)cc1. The normalized spacial score (nSPS) is 19.1. The summed E-state index contributed by atoms with van der Waals surface area (Å²) in [6.07, 6.45) is 0.731. The summed E-state index contributed by atoms with van der Waals surface area (Å²) >= 11 is 13.6. The number of ether oxygens (including phenoxy) is 1. The van der Waals surface area contributed by atoms with Gasteiger partial charge in [-0.15, -0.1) is 11.8 Å². The quantitative estimate of drug-likeness (QED) is 0.619. The summed E-state index contributed by atoms with van der Waals surface area (Å²) in [4.78, 5) is 27.4. The number of rotatable bonds is 5. The van der Waals surface area contributed by atoms with Crippen molar-refractivity contribution in [3.05, 3.63) is 69.7 Å². The number of carbonyl (C=O) groups excluding carboxylic acids is 2. The van der Waals surface area contributed by atoms with Crippen molar-refractivity contribution in [1.29, 1.82) is 0 Å². The van der Waals surface area contributed by atoms with E-state index in [0.717, 1.165) is 12.0 Å². The Bertz CT molecular complexity index is 828. The number of thioether (sulfide) groups is 1. The van der Waals surface area contributed by atoms with E-state index in [9.17, 15) is 9.59 Å². The second-order valence-corrected chi connectivity index (χ2v) is 8.13. The number of nitrogens with zero attached hydrogens (tertiary/aromatic N) is 1. The van der Waals surface area contributed by atoms with E-state index in [1.165, 1.54) is 11.8 Å². The van der Waals surface area contributed by atoms with Crippen molar-refractivity contribution in [3.8, 4) is 0 Å². The fourth-order valence-corrected chi connectivity index (χ4v) is 4.62. The number of esters is 1. The molecule has 4 nitrogen and oxygen atoms in total. The van der Waals surface area contributed by atoms with E-state index >= 15 is 0 Å². The van der Waals surface area contributed by atoms with Gasteiger partial charge in [-0.1, -0.05) is 42.3 Å². The Labute approximate surface area is 172 Å². The van der Waals surface area contributed by atoms with Crippen LogP contribution < -0.4 is 0 Å². The predicted octanol–water partition coefficient (Wildman–Crippen LogP) is 5.20. The zero-order valence-electron chi connectivity index (χ0n) is 14.7. The van der Waals surface area contributed by atoms with E-state index in [-0.39, 0.29) is 17.3 Å². The summed E-state index contributed by atoms with van der Waals surface area (Å²) in [6, 6.07) is 13.4. The molecule has 0 aliphatic carbocycles. The zero-order chi connectivity index (χ0) is 19.4. The summed E-state index contributed by atoms with van der Waals surface area (Å²) in [7, 11) is 0. The van der Waals surface area contributed by atoms with Gasteiger partial charge in [0.15, 0.2) is 0 Å². The van der Waals surface area contributed by atoms with Crippen molar-refractivity contribution in [2.75, 3.05) is 12.4 Å². The maximum absolute atomic E-state index is 13.2. The molecular formula is C20H19Cl2NO3S. The van der Waals surface area contributed by atoms with E-state index < -0.39 is 6.04 Å². The molecule has 3 rings (SSSR count). The van der Waals surface area contributed by atoms with Gasteiger partial charge in [-0.3, -0.25) is 4.79 Å². The molecule has 0 saturated carbocycles. The number of halogens is 2. The van der Waals surface area contributed by atoms with Crippen LogP contribution in [-0.2, 0) is 9.53 Å². The summed E-state index contributed by atoms with van der Waals surface area (Å²) in [5, 5.41) is 0.822. The molecule has 1 saturated heterocycles. The minimum absolute atomic E-state index is 0.236. The van der Waals surface area contributed by atoms with Gasteiger partial charge in [0.2, 0.25) is 0 Å². The highest BCUT2D eigenvalue weighted by Crippen LogP contribution is 2.43. The average Bonchev–Trinajstić information content (AvgIpc) is 3.11. The third-order valence-electron chi connectivity index (χ3n) is 4.18. The van der Waals surface area contributed by atoms with E-state index in [1.807, 2.05) is 25.1 Å². The standard InChI is InChI=1S/C20H19Cl2NO3S/c1-2-10-26-20(25)17-12-27-19(14-4-3-5-16(22)11-14)23(17)18(24)13-6-8-15(21)9-7-13/h3-9,11,17,19H,2,10,12H2,1H3. The maximum atomic E-state index is 13.2. The minimum atomic E-state index is -0.645. The van der Waals surface area contributed by atoms with Gasteiger partial charge in [0, 0.05) is 21.4 Å². The molecule has 2 unspecified atom stereocenters. The van der Waals surface area contributed by atoms with Crippen LogP contribution in [0.5, 0.6) is 0 Å². The van der Waals surface area contributed by atoms with Crippen molar-refractivity contribution >= 4 is 46.8 Å². The van der Waals surface area contributed by atoms with Crippen molar-refractivity contribution in [2.24, 2.45) is 0 Å².